The van der Waals surface area contributed by atoms with Crippen molar-refractivity contribution in [2.45, 2.75) is 13.5 Å². The quantitative estimate of drug-likeness (QED) is 0.747. The Balaban J connectivity index is 1.91. The highest BCUT2D eigenvalue weighted by atomic mass is 32.2. The molecule has 1 aliphatic heterocycles. The summed E-state index contributed by atoms with van der Waals surface area (Å²) in [5.41, 5.74) is 0.0201. The topological polar surface area (TPSA) is 113 Å². The van der Waals surface area contributed by atoms with Crippen LogP contribution in [-0.4, -0.2) is 76.3 Å². The summed E-state index contributed by atoms with van der Waals surface area (Å²) in [6, 6.07) is 0. The van der Waals surface area contributed by atoms with Crippen LogP contribution in [0, 0.1) is 0 Å². The van der Waals surface area contributed by atoms with Gasteiger partial charge in [0, 0.05) is 32.4 Å². The number of amides is 1. The van der Waals surface area contributed by atoms with Crippen molar-refractivity contribution in [3.8, 4) is 0 Å². The molecule has 0 aliphatic carbocycles. The van der Waals surface area contributed by atoms with Crippen LogP contribution in [0.25, 0.3) is 0 Å². The highest BCUT2D eigenvalue weighted by molar-refractivity contribution is 7.89. The Morgan fingerprint density at radius 3 is 2.41 bits per heavy atom. The van der Waals surface area contributed by atoms with E-state index in [0.717, 1.165) is 0 Å². The molecule has 122 valence electrons. The van der Waals surface area contributed by atoms with Gasteiger partial charge in [-0.1, -0.05) is 0 Å². The van der Waals surface area contributed by atoms with E-state index in [1.807, 2.05) is 0 Å². The lowest BCUT2D eigenvalue weighted by atomic mass is 10.3. The number of aromatic carboxylic acids is 1. The Morgan fingerprint density at radius 1 is 1.27 bits per heavy atom. The third-order valence-corrected chi connectivity index (χ3v) is 5.41. The van der Waals surface area contributed by atoms with Crippen molar-refractivity contribution in [2.75, 3.05) is 31.9 Å². The minimum absolute atomic E-state index is 0.0201. The van der Waals surface area contributed by atoms with Crippen LogP contribution in [0.3, 0.4) is 0 Å². The molecule has 0 unspecified atom stereocenters. The minimum Gasteiger partial charge on any atom is -0.478 e. The highest BCUT2D eigenvalue weighted by Crippen LogP contribution is 2.09. The lowest BCUT2D eigenvalue weighted by Gasteiger charge is -2.33. The van der Waals surface area contributed by atoms with Gasteiger partial charge in [0.05, 0.1) is 17.5 Å². The zero-order valence-electron chi connectivity index (χ0n) is 12.2. The number of hydrogen-bond donors (Lipinski definition) is 1. The number of nitrogens with zero attached hydrogens (tertiary/aromatic N) is 4. The number of hydrogen-bond acceptors (Lipinski definition) is 5. The molecule has 0 atom stereocenters. The molecule has 10 heteroatoms. The zero-order valence-corrected chi connectivity index (χ0v) is 13.0. The second-order valence-corrected chi connectivity index (χ2v) is 7.17. The van der Waals surface area contributed by atoms with Crippen molar-refractivity contribution in [3.63, 3.8) is 0 Å². The number of carboxylic acid groups (broad SMARTS) is 1. The summed E-state index contributed by atoms with van der Waals surface area (Å²) in [4.78, 5) is 24.4. The van der Waals surface area contributed by atoms with Crippen molar-refractivity contribution in [1.29, 1.82) is 0 Å². The molecule has 1 aromatic rings. The van der Waals surface area contributed by atoms with Crippen LogP contribution >= 0.6 is 0 Å². The molecule has 1 amide bonds. The summed E-state index contributed by atoms with van der Waals surface area (Å²) >= 11 is 0. The molecule has 0 saturated carbocycles. The molecule has 0 radical (unpaired) electrons. The first-order chi connectivity index (χ1) is 10.3. The number of aromatic nitrogens is 2. The molecule has 0 spiro atoms. The van der Waals surface area contributed by atoms with E-state index in [1.54, 1.807) is 11.8 Å². The van der Waals surface area contributed by atoms with Crippen molar-refractivity contribution in [2.24, 2.45) is 0 Å². The molecule has 1 aromatic heterocycles. The van der Waals surface area contributed by atoms with E-state index in [-0.39, 0.29) is 36.9 Å². The average molecular weight is 330 g/mol. The SMILES string of the molecule is CCS(=O)(=O)N1CCN(C(=O)Cn2cc(C(=O)O)cn2)CC1. The fourth-order valence-electron chi connectivity index (χ4n) is 2.20. The minimum atomic E-state index is -3.22. The van der Waals surface area contributed by atoms with Crippen LogP contribution < -0.4 is 0 Å². The van der Waals surface area contributed by atoms with Gasteiger partial charge in [-0.15, -0.1) is 0 Å². The number of carboxylic acids is 1. The largest absolute Gasteiger partial charge is 0.478 e. The molecule has 1 N–H and O–H groups in total. The Bertz CT molecular complexity index is 661. The van der Waals surface area contributed by atoms with Crippen LogP contribution in [0.1, 0.15) is 17.3 Å². The molecule has 22 heavy (non-hydrogen) atoms. The Labute approximate surface area is 128 Å². The predicted molar refractivity (Wildman–Crippen MR) is 76.8 cm³/mol. The van der Waals surface area contributed by atoms with Crippen LogP contribution in [0.5, 0.6) is 0 Å². The van der Waals surface area contributed by atoms with E-state index >= 15 is 0 Å². The number of carbonyl (C=O) groups is 2. The first-order valence-corrected chi connectivity index (χ1v) is 8.45. The second kappa shape index (κ2) is 6.44. The fraction of sp³-hybridized carbons (Fsp3) is 0.583. The van der Waals surface area contributed by atoms with E-state index in [2.05, 4.69) is 5.10 Å². The maximum absolute atomic E-state index is 12.1. The molecule has 1 saturated heterocycles. The van der Waals surface area contributed by atoms with Crippen molar-refractivity contribution in [1.82, 2.24) is 19.0 Å². The number of piperazine rings is 1. The third kappa shape index (κ3) is 3.63. The molecule has 0 bridgehead atoms. The molecule has 2 heterocycles. The maximum atomic E-state index is 12.1. The smallest absolute Gasteiger partial charge is 0.338 e. The van der Waals surface area contributed by atoms with Crippen LogP contribution in [0.4, 0.5) is 0 Å². The Kier molecular flexibility index (Phi) is 4.81. The summed E-state index contributed by atoms with van der Waals surface area (Å²) in [5, 5.41) is 12.6. The summed E-state index contributed by atoms with van der Waals surface area (Å²) in [7, 11) is -3.22. The summed E-state index contributed by atoms with van der Waals surface area (Å²) < 4.78 is 26.1. The summed E-state index contributed by atoms with van der Waals surface area (Å²) in [6.45, 7) is 2.73. The first-order valence-electron chi connectivity index (χ1n) is 6.85. The van der Waals surface area contributed by atoms with Crippen LogP contribution in [0.15, 0.2) is 12.4 Å². The monoisotopic (exact) mass is 330 g/mol. The van der Waals surface area contributed by atoms with Crippen molar-refractivity contribution in [3.05, 3.63) is 18.0 Å². The van der Waals surface area contributed by atoms with E-state index < -0.39 is 16.0 Å². The Hall–Kier alpha value is -1.94. The molecular weight excluding hydrogens is 312 g/mol. The lowest BCUT2D eigenvalue weighted by Crippen LogP contribution is -2.51. The average Bonchev–Trinajstić information content (AvgIpc) is 2.96. The van der Waals surface area contributed by atoms with Crippen LogP contribution in [0.2, 0.25) is 0 Å². The second-order valence-electron chi connectivity index (χ2n) is 4.91. The van der Waals surface area contributed by atoms with Gasteiger partial charge in [-0.05, 0) is 6.92 Å². The molecule has 2 rings (SSSR count). The summed E-state index contributed by atoms with van der Waals surface area (Å²) in [6.07, 6.45) is 2.47. The standard InChI is InChI=1S/C12H18N4O5S/c1-2-22(20,21)16-5-3-14(4-6-16)11(17)9-15-8-10(7-13-15)12(18)19/h7-8H,2-6,9H2,1H3,(H,18,19). The zero-order chi connectivity index (χ0) is 16.3. The third-order valence-electron chi connectivity index (χ3n) is 3.53. The predicted octanol–water partition coefficient (Wildman–Crippen LogP) is -0.925. The molecule has 1 fully saturated rings. The van der Waals surface area contributed by atoms with Gasteiger partial charge in [0.25, 0.3) is 0 Å². The van der Waals surface area contributed by atoms with Gasteiger partial charge >= 0.3 is 5.97 Å². The number of carbonyl (C=O) groups excluding carboxylic acids is 1. The fourth-order valence-corrected chi connectivity index (χ4v) is 3.28. The first kappa shape index (κ1) is 16.4. The van der Waals surface area contributed by atoms with Crippen molar-refractivity contribution >= 4 is 21.9 Å². The highest BCUT2D eigenvalue weighted by Gasteiger charge is 2.27. The molecule has 0 aromatic carbocycles. The normalized spacial score (nSPS) is 16.7. The van der Waals surface area contributed by atoms with Crippen LogP contribution in [-0.2, 0) is 21.4 Å². The van der Waals surface area contributed by atoms with Gasteiger partial charge in [0.2, 0.25) is 15.9 Å². The van der Waals surface area contributed by atoms with Gasteiger partial charge in [-0.2, -0.15) is 9.40 Å². The van der Waals surface area contributed by atoms with E-state index in [4.69, 9.17) is 5.11 Å². The van der Waals surface area contributed by atoms with E-state index in [9.17, 15) is 18.0 Å². The van der Waals surface area contributed by atoms with Gasteiger partial charge in [-0.25, -0.2) is 13.2 Å². The molecular formula is C12H18N4O5S. The van der Waals surface area contributed by atoms with Gasteiger partial charge < -0.3 is 10.0 Å². The van der Waals surface area contributed by atoms with E-state index in [0.29, 0.717) is 13.1 Å². The number of rotatable bonds is 5. The van der Waals surface area contributed by atoms with Gasteiger partial charge in [0.15, 0.2) is 0 Å². The summed E-state index contributed by atoms with van der Waals surface area (Å²) in [5.74, 6) is -1.27. The Morgan fingerprint density at radius 2 is 1.91 bits per heavy atom. The molecule has 9 nitrogen and oxygen atoms in total. The van der Waals surface area contributed by atoms with Gasteiger partial charge in [0.1, 0.15) is 6.54 Å². The van der Waals surface area contributed by atoms with Crippen molar-refractivity contribution < 1.29 is 23.1 Å². The maximum Gasteiger partial charge on any atom is 0.338 e. The molecule has 1 aliphatic rings. The lowest BCUT2D eigenvalue weighted by molar-refractivity contribution is -0.133. The van der Waals surface area contributed by atoms with Gasteiger partial charge in [-0.3, -0.25) is 9.48 Å². The number of sulfonamides is 1. The van der Waals surface area contributed by atoms with E-state index in [1.165, 1.54) is 21.4 Å².